The van der Waals surface area contributed by atoms with Crippen molar-refractivity contribution in [2.45, 2.75) is 32.6 Å². The largest absolute Gasteiger partial charge is 0.370 e. The van der Waals surface area contributed by atoms with E-state index < -0.39 is 0 Å². The number of amides is 1. The molecule has 2 fully saturated rings. The molecule has 0 N–H and O–H groups in total. The highest BCUT2D eigenvalue weighted by atomic mass is 16.2. The second-order valence-corrected chi connectivity index (χ2v) is 7.46. The van der Waals surface area contributed by atoms with Crippen molar-refractivity contribution in [3.05, 3.63) is 22.6 Å². The number of piperidine rings is 1. The fourth-order valence-corrected chi connectivity index (χ4v) is 3.85. The van der Waals surface area contributed by atoms with E-state index in [1.54, 1.807) is 19.3 Å². The van der Waals surface area contributed by atoms with Crippen molar-refractivity contribution < 1.29 is 4.79 Å². The lowest BCUT2D eigenvalue weighted by atomic mass is 9.94. The molecule has 7 nitrogen and oxygen atoms in total. The van der Waals surface area contributed by atoms with Crippen LogP contribution in [0.1, 0.15) is 32.6 Å². The molecule has 2 saturated heterocycles. The molecule has 0 radical (unpaired) electrons. The van der Waals surface area contributed by atoms with E-state index in [9.17, 15) is 9.59 Å². The van der Waals surface area contributed by atoms with Gasteiger partial charge in [0, 0.05) is 58.3 Å². The maximum atomic E-state index is 12.8. The Labute approximate surface area is 155 Å². The molecule has 7 heteroatoms. The summed E-state index contributed by atoms with van der Waals surface area (Å²) in [5.74, 6) is 0.440. The number of carbonyl (C=O) groups excluding carboxylic acids is 1. The van der Waals surface area contributed by atoms with E-state index in [0.29, 0.717) is 5.91 Å². The molecule has 3 rings (SSSR count). The van der Waals surface area contributed by atoms with E-state index in [1.807, 2.05) is 0 Å². The third-order valence-electron chi connectivity index (χ3n) is 5.67. The Hall–Kier alpha value is -1.89. The lowest BCUT2D eigenvalue weighted by Crippen LogP contribution is -2.51. The van der Waals surface area contributed by atoms with Crippen LogP contribution in [0.3, 0.4) is 0 Å². The molecule has 0 saturated carbocycles. The van der Waals surface area contributed by atoms with Crippen LogP contribution >= 0.6 is 0 Å². The van der Waals surface area contributed by atoms with Crippen molar-refractivity contribution in [1.82, 2.24) is 19.6 Å². The number of aromatic nitrogens is 2. The first kappa shape index (κ1) is 18.9. The second kappa shape index (κ2) is 8.66. The average molecular weight is 361 g/mol. The standard InChI is InChI=1S/C19H31N5O2/c1-3-4-7-22-10-12-24(13-11-22)19(26)16-5-8-23(9-6-16)17-14-18(25)21(2)20-15-17/h14-16H,3-13H2,1-2H3. The summed E-state index contributed by atoms with van der Waals surface area (Å²) < 4.78 is 1.33. The monoisotopic (exact) mass is 361 g/mol. The Balaban J connectivity index is 1.48. The zero-order chi connectivity index (χ0) is 18.5. The van der Waals surface area contributed by atoms with Crippen LogP contribution < -0.4 is 10.5 Å². The van der Waals surface area contributed by atoms with Crippen molar-refractivity contribution in [3.8, 4) is 0 Å². The van der Waals surface area contributed by atoms with Crippen LogP contribution in [0.5, 0.6) is 0 Å². The molecular formula is C19H31N5O2. The number of anilines is 1. The van der Waals surface area contributed by atoms with Crippen LogP contribution in [0, 0.1) is 5.92 Å². The summed E-state index contributed by atoms with van der Waals surface area (Å²) in [5.41, 5.74) is 0.769. The minimum Gasteiger partial charge on any atom is -0.370 e. The molecule has 2 aliphatic rings. The van der Waals surface area contributed by atoms with Gasteiger partial charge in [-0.3, -0.25) is 14.5 Å². The molecule has 144 valence electrons. The molecule has 3 heterocycles. The summed E-state index contributed by atoms with van der Waals surface area (Å²) in [4.78, 5) is 31.3. The molecule has 1 amide bonds. The molecule has 0 atom stereocenters. The third kappa shape index (κ3) is 4.44. The normalized spacial score (nSPS) is 19.8. The smallest absolute Gasteiger partial charge is 0.268 e. The summed E-state index contributed by atoms with van der Waals surface area (Å²) in [6, 6.07) is 1.63. The van der Waals surface area contributed by atoms with Gasteiger partial charge in [0.1, 0.15) is 0 Å². The number of hydrogen-bond donors (Lipinski definition) is 0. The van der Waals surface area contributed by atoms with Crippen LogP contribution in [-0.2, 0) is 11.8 Å². The SMILES string of the molecule is CCCCN1CCN(C(=O)C2CCN(c3cnn(C)c(=O)c3)CC2)CC1. The van der Waals surface area contributed by atoms with E-state index in [2.05, 4.69) is 26.7 Å². The topological polar surface area (TPSA) is 61.7 Å². The van der Waals surface area contributed by atoms with Crippen LogP contribution in [0.4, 0.5) is 5.69 Å². The fourth-order valence-electron chi connectivity index (χ4n) is 3.85. The van der Waals surface area contributed by atoms with E-state index in [0.717, 1.165) is 64.3 Å². The number of rotatable bonds is 5. The summed E-state index contributed by atoms with van der Waals surface area (Å²) in [6.07, 6.45) is 5.90. The van der Waals surface area contributed by atoms with Gasteiger partial charge in [0.05, 0.1) is 11.9 Å². The number of hydrogen-bond acceptors (Lipinski definition) is 5. The molecule has 1 aromatic heterocycles. The lowest BCUT2D eigenvalue weighted by molar-refractivity contribution is -0.138. The van der Waals surface area contributed by atoms with Crippen LogP contribution in [-0.4, -0.2) is 71.3 Å². The van der Waals surface area contributed by atoms with Crippen LogP contribution in [0.25, 0.3) is 0 Å². The van der Waals surface area contributed by atoms with Crippen molar-refractivity contribution in [2.24, 2.45) is 13.0 Å². The molecule has 0 spiro atoms. The zero-order valence-electron chi connectivity index (χ0n) is 16.1. The van der Waals surface area contributed by atoms with Crippen molar-refractivity contribution >= 4 is 11.6 Å². The minimum atomic E-state index is -0.0957. The predicted octanol–water partition coefficient (Wildman–Crippen LogP) is 0.941. The van der Waals surface area contributed by atoms with Gasteiger partial charge < -0.3 is 9.80 Å². The Kier molecular flexibility index (Phi) is 6.29. The van der Waals surface area contributed by atoms with Gasteiger partial charge >= 0.3 is 0 Å². The number of carbonyl (C=O) groups is 1. The molecule has 0 aliphatic carbocycles. The first-order chi connectivity index (χ1) is 12.6. The molecule has 0 unspecified atom stereocenters. The van der Waals surface area contributed by atoms with Gasteiger partial charge in [-0.1, -0.05) is 13.3 Å². The van der Waals surface area contributed by atoms with Gasteiger partial charge in [0.25, 0.3) is 5.56 Å². The highest BCUT2D eigenvalue weighted by molar-refractivity contribution is 5.79. The first-order valence-electron chi connectivity index (χ1n) is 9.88. The van der Waals surface area contributed by atoms with Crippen LogP contribution in [0.15, 0.2) is 17.1 Å². The molecule has 0 aromatic carbocycles. The Morgan fingerprint density at radius 1 is 1.15 bits per heavy atom. The van der Waals surface area contributed by atoms with Gasteiger partial charge in [-0.25, -0.2) is 4.68 Å². The Bertz CT molecular complexity index is 658. The minimum absolute atomic E-state index is 0.0957. The van der Waals surface area contributed by atoms with Crippen molar-refractivity contribution in [1.29, 1.82) is 0 Å². The summed E-state index contributed by atoms with van der Waals surface area (Å²) >= 11 is 0. The number of nitrogens with zero attached hydrogens (tertiary/aromatic N) is 5. The molecule has 2 aliphatic heterocycles. The Morgan fingerprint density at radius 3 is 2.46 bits per heavy atom. The van der Waals surface area contributed by atoms with E-state index in [-0.39, 0.29) is 11.5 Å². The van der Waals surface area contributed by atoms with Crippen molar-refractivity contribution in [3.63, 3.8) is 0 Å². The zero-order valence-corrected chi connectivity index (χ0v) is 16.1. The maximum Gasteiger partial charge on any atom is 0.268 e. The maximum absolute atomic E-state index is 12.8. The highest BCUT2D eigenvalue weighted by Crippen LogP contribution is 2.24. The number of piperazine rings is 1. The van der Waals surface area contributed by atoms with Gasteiger partial charge in [-0.15, -0.1) is 0 Å². The van der Waals surface area contributed by atoms with Crippen LogP contribution in [0.2, 0.25) is 0 Å². The van der Waals surface area contributed by atoms with E-state index >= 15 is 0 Å². The van der Waals surface area contributed by atoms with Gasteiger partial charge in [-0.2, -0.15) is 5.10 Å². The average Bonchev–Trinajstić information content (AvgIpc) is 2.68. The predicted molar refractivity (Wildman–Crippen MR) is 102 cm³/mol. The highest BCUT2D eigenvalue weighted by Gasteiger charge is 2.30. The number of unbranched alkanes of at least 4 members (excludes halogenated alkanes) is 1. The molecule has 0 bridgehead atoms. The lowest BCUT2D eigenvalue weighted by Gasteiger charge is -2.39. The number of aryl methyl sites for hydroxylation is 1. The van der Waals surface area contributed by atoms with E-state index in [4.69, 9.17) is 0 Å². The molecular weight excluding hydrogens is 330 g/mol. The van der Waals surface area contributed by atoms with E-state index in [1.165, 1.54) is 17.5 Å². The Morgan fingerprint density at radius 2 is 1.85 bits per heavy atom. The first-order valence-corrected chi connectivity index (χ1v) is 9.88. The summed E-state index contributed by atoms with van der Waals surface area (Å²) in [6.45, 7) is 8.72. The summed E-state index contributed by atoms with van der Waals surface area (Å²) in [5, 5.41) is 4.09. The quantitative estimate of drug-likeness (QED) is 0.781. The summed E-state index contributed by atoms with van der Waals surface area (Å²) in [7, 11) is 1.65. The third-order valence-corrected chi connectivity index (χ3v) is 5.67. The van der Waals surface area contributed by atoms with Gasteiger partial charge in [-0.05, 0) is 25.8 Å². The van der Waals surface area contributed by atoms with Gasteiger partial charge in [0.15, 0.2) is 0 Å². The molecule has 1 aromatic rings. The fraction of sp³-hybridized carbons (Fsp3) is 0.737. The second-order valence-electron chi connectivity index (χ2n) is 7.46. The van der Waals surface area contributed by atoms with Crippen molar-refractivity contribution in [2.75, 3.05) is 50.7 Å². The molecule has 26 heavy (non-hydrogen) atoms. The van der Waals surface area contributed by atoms with Gasteiger partial charge in [0.2, 0.25) is 5.91 Å².